The average Bonchev–Trinajstić information content (AvgIpc) is 2.73. The van der Waals surface area contributed by atoms with Gasteiger partial charge in [0.05, 0.1) is 5.56 Å². The molecule has 0 bridgehead atoms. The zero-order valence-electron chi connectivity index (χ0n) is 15.4. The molecule has 3 aromatic rings. The highest BCUT2D eigenvalue weighted by Crippen LogP contribution is 2.34. The van der Waals surface area contributed by atoms with E-state index in [9.17, 15) is 18.0 Å². The molecule has 8 heteroatoms. The number of carbonyl (C=O) groups is 1. The van der Waals surface area contributed by atoms with Gasteiger partial charge in [-0.15, -0.1) is 0 Å². The topological polar surface area (TPSA) is 66.9 Å². The fraction of sp³-hybridized carbons (Fsp3) is 0.190. The SMILES string of the molecule is O=C(NCc1ccncc1)C(NCc1ccncc1)c1ccccc1C(F)(F)F. The molecule has 1 unspecified atom stereocenters. The summed E-state index contributed by atoms with van der Waals surface area (Å²) in [7, 11) is 0. The molecule has 5 nitrogen and oxygen atoms in total. The van der Waals surface area contributed by atoms with Crippen molar-refractivity contribution in [3.63, 3.8) is 0 Å². The number of hydrogen-bond acceptors (Lipinski definition) is 4. The van der Waals surface area contributed by atoms with Gasteiger partial charge in [0.1, 0.15) is 6.04 Å². The number of amides is 1. The van der Waals surface area contributed by atoms with Gasteiger partial charge in [-0.1, -0.05) is 18.2 Å². The van der Waals surface area contributed by atoms with E-state index in [4.69, 9.17) is 0 Å². The first-order valence-electron chi connectivity index (χ1n) is 8.90. The van der Waals surface area contributed by atoms with Gasteiger partial charge in [0.2, 0.25) is 5.91 Å². The van der Waals surface area contributed by atoms with E-state index in [1.54, 1.807) is 49.1 Å². The molecule has 1 amide bonds. The Balaban J connectivity index is 1.84. The third-order valence-electron chi connectivity index (χ3n) is 4.32. The third-order valence-corrected chi connectivity index (χ3v) is 4.32. The predicted octanol–water partition coefficient (Wildman–Crippen LogP) is 3.64. The first kappa shape index (κ1) is 20.5. The van der Waals surface area contributed by atoms with Crippen molar-refractivity contribution >= 4 is 5.91 Å². The van der Waals surface area contributed by atoms with Crippen LogP contribution in [-0.4, -0.2) is 15.9 Å². The van der Waals surface area contributed by atoms with Crippen LogP contribution >= 0.6 is 0 Å². The summed E-state index contributed by atoms with van der Waals surface area (Å²) in [5, 5.41) is 5.65. The van der Waals surface area contributed by atoms with Crippen LogP contribution in [0.25, 0.3) is 0 Å². The fourth-order valence-corrected chi connectivity index (χ4v) is 2.86. The van der Waals surface area contributed by atoms with E-state index >= 15 is 0 Å². The van der Waals surface area contributed by atoms with Crippen LogP contribution in [0.1, 0.15) is 28.3 Å². The molecule has 0 radical (unpaired) electrons. The Kier molecular flexibility index (Phi) is 6.56. The van der Waals surface area contributed by atoms with Crippen LogP contribution in [0.2, 0.25) is 0 Å². The van der Waals surface area contributed by atoms with E-state index in [1.165, 1.54) is 18.2 Å². The molecule has 3 rings (SSSR count). The summed E-state index contributed by atoms with van der Waals surface area (Å²) in [5.74, 6) is -0.549. The lowest BCUT2D eigenvalue weighted by atomic mass is 9.98. The number of nitrogens with one attached hydrogen (secondary N) is 2. The molecule has 0 aliphatic heterocycles. The highest BCUT2D eigenvalue weighted by atomic mass is 19.4. The molecule has 2 N–H and O–H groups in total. The maximum absolute atomic E-state index is 13.5. The van der Waals surface area contributed by atoms with Crippen LogP contribution in [0.15, 0.2) is 73.3 Å². The van der Waals surface area contributed by atoms with E-state index < -0.39 is 23.7 Å². The van der Waals surface area contributed by atoms with Crippen molar-refractivity contribution in [2.45, 2.75) is 25.3 Å². The van der Waals surface area contributed by atoms with Gasteiger partial charge in [-0.2, -0.15) is 13.2 Å². The summed E-state index contributed by atoms with van der Waals surface area (Å²) in [6.07, 6.45) is 1.76. The number of hydrogen-bond donors (Lipinski definition) is 2. The van der Waals surface area contributed by atoms with E-state index in [0.717, 1.165) is 17.2 Å². The molecule has 1 aromatic carbocycles. The molecule has 29 heavy (non-hydrogen) atoms. The Morgan fingerprint density at radius 3 is 2.00 bits per heavy atom. The van der Waals surface area contributed by atoms with Gasteiger partial charge in [-0.3, -0.25) is 20.1 Å². The highest BCUT2D eigenvalue weighted by molar-refractivity contribution is 5.83. The molecule has 0 saturated heterocycles. The van der Waals surface area contributed by atoms with Gasteiger partial charge in [-0.25, -0.2) is 0 Å². The van der Waals surface area contributed by atoms with Crippen molar-refractivity contribution in [2.24, 2.45) is 0 Å². The van der Waals surface area contributed by atoms with Crippen molar-refractivity contribution in [1.29, 1.82) is 0 Å². The van der Waals surface area contributed by atoms with Crippen LogP contribution in [0.3, 0.4) is 0 Å². The second-order valence-electron chi connectivity index (χ2n) is 6.33. The quantitative estimate of drug-likeness (QED) is 0.636. The van der Waals surface area contributed by atoms with Crippen molar-refractivity contribution in [1.82, 2.24) is 20.6 Å². The molecule has 0 aliphatic rings. The van der Waals surface area contributed by atoms with Crippen molar-refractivity contribution in [3.05, 3.63) is 95.6 Å². The predicted molar refractivity (Wildman–Crippen MR) is 101 cm³/mol. The molecule has 150 valence electrons. The molecule has 2 heterocycles. The average molecular weight is 400 g/mol. The molecule has 0 aliphatic carbocycles. The number of benzene rings is 1. The van der Waals surface area contributed by atoms with Crippen molar-refractivity contribution in [2.75, 3.05) is 0 Å². The zero-order chi connectivity index (χ0) is 20.7. The summed E-state index contributed by atoms with van der Waals surface area (Å²) >= 11 is 0. The van der Waals surface area contributed by atoms with E-state index in [-0.39, 0.29) is 18.7 Å². The van der Waals surface area contributed by atoms with Crippen molar-refractivity contribution < 1.29 is 18.0 Å². The Bertz CT molecular complexity index is 933. The number of carbonyl (C=O) groups excluding carboxylic acids is 1. The monoisotopic (exact) mass is 400 g/mol. The van der Waals surface area contributed by atoms with E-state index in [0.29, 0.717) is 0 Å². The molecule has 0 spiro atoms. The lowest BCUT2D eigenvalue weighted by molar-refractivity contribution is -0.138. The van der Waals surface area contributed by atoms with Crippen LogP contribution in [0.5, 0.6) is 0 Å². The largest absolute Gasteiger partial charge is 0.416 e. The van der Waals surface area contributed by atoms with Crippen LogP contribution < -0.4 is 10.6 Å². The number of aromatic nitrogens is 2. The number of pyridine rings is 2. The summed E-state index contributed by atoms with van der Waals surface area (Å²) in [4.78, 5) is 20.7. The van der Waals surface area contributed by atoms with Gasteiger partial charge in [0.15, 0.2) is 0 Å². The normalized spacial score (nSPS) is 12.4. The minimum absolute atomic E-state index is 0.124. The number of halogens is 3. The molecule has 0 saturated carbocycles. The van der Waals surface area contributed by atoms with Gasteiger partial charge < -0.3 is 5.32 Å². The highest BCUT2D eigenvalue weighted by Gasteiger charge is 2.36. The van der Waals surface area contributed by atoms with Gasteiger partial charge in [-0.05, 0) is 47.0 Å². The number of alkyl halides is 3. The van der Waals surface area contributed by atoms with Gasteiger partial charge >= 0.3 is 6.18 Å². The molecule has 1 atom stereocenters. The second kappa shape index (κ2) is 9.29. The van der Waals surface area contributed by atoms with Gasteiger partial charge in [0.25, 0.3) is 0 Å². The summed E-state index contributed by atoms with van der Waals surface area (Å²) < 4.78 is 40.5. The van der Waals surface area contributed by atoms with Crippen LogP contribution in [-0.2, 0) is 24.1 Å². The van der Waals surface area contributed by atoms with Crippen LogP contribution in [0, 0.1) is 0 Å². The lowest BCUT2D eigenvalue weighted by Crippen LogP contribution is -2.38. The number of rotatable bonds is 7. The number of nitrogens with zero attached hydrogens (tertiary/aromatic N) is 2. The molecule has 0 fully saturated rings. The molecular formula is C21H19F3N4O. The van der Waals surface area contributed by atoms with Crippen LogP contribution in [0.4, 0.5) is 13.2 Å². The van der Waals surface area contributed by atoms with E-state index in [1.807, 2.05) is 0 Å². The minimum atomic E-state index is -4.57. The Hall–Kier alpha value is -3.26. The Morgan fingerprint density at radius 2 is 1.41 bits per heavy atom. The molecule has 2 aromatic heterocycles. The third kappa shape index (κ3) is 5.61. The van der Waals surface area contributed by atoms with Gasteiger partial charge in [0, 0.05) is 37.9 Å². The maximum atomic E-state index is 13.5. The first-order valence-corrected chi connectivity index (χ1v) is 8.90. The Labute approximate surface area is 166 Å². The summed E-state index contributed by atoms with van der Waals surface area (Å²) in [5.41, 5.74) is 0.634. The Morgan fingerprint density at radius 1 is 0.862 bits per heavy atom. The zero-order valence-corrected chi connectivity index (χ0v) is 15.4. The van der Waals surface area contributed by atoms with Crippen molar-refractivity contribution in [3.8, 4) is 0 Å². The fourth-order valence-electron chi connectivity index (χ4n) is 2.86. The summed E-state index contributed by atoms with van der Waals surface area (Å²) in [6, 6.07) is 10.8. The summed E-state index contributed by atoms with van der Waals surface area (Å²) in [6.45, 7) is 0.394. The first-order chi connectivity index (χ1) is 13.9. The molecular weight excluding hydrogens is 381 g/mol. The van der Waals surface area contributed by atoms with E-state index in [2.05, 4.69) is 20.6 Å². The standard InChI is InChI=1S/C21H19F3N4O/c22-21(23,24)18-4-2-1-3-17(18)19(27-13-15-5-9-25-10-6-15)20(29)28-14-16-7-11-26-12-8-16/h1-12,19,27H,13-14H2,(H,28,29). The second-order valence-corrected chi connectivity index (χ2v) is 6.33. The smallest absolute Gasteiger partial charge is 0.350 e. The lowest BCUT2D eigenvalue weighted by Gasteiger charge is -2.22. The maximum Gasteiger partial charge on any atom is 0.416 e. The minimum Gasteiger partial charge on any atom is -0.350 e.